The maximum atomic E-state index is 14.2. The number of allylic oxidation sites excluding steroid dienone is 3. The van der Waals surface area contributed by atoms with Crippen molar-refractivity contribution in [2.45, 2.75) is 38.5 Å². The molecule has 0 spiro atoms. The first-order chi connectivity index (χ1) is 9.90. The van der Waals surface area contributed by atoms with Gasteiger partial charge in [0.2, 0.25) is 0 Å². The van der Waals surface area contributed by atoms with E-state index >= 15 is 0 Å². The van der Waals surface area contributed by atoms with Gasteiger partial charge in [-0.2, -0.15) is 8.78 Å². The van der Waals surface area contributed by atoms with Crippen molar-refractivity contribution in [1.29, 1.82) is 0 Å². The van der Waals surface area contributed by atoms with Gasteiger partial charge in [0.25, 0.3) is 5.91 Å². The molecule has 0 unspecified atom stereocenters. The molecule has 0 aromatic heterocycles. The highest BCUT2D eigenvalue weighted by atomic mass is 19.3. The van der Waals surface area contributed by atoms with Crippen LogP contribution in [-0.2, 0) is 9.53 Å². The SMILES string of the molecule is C=C(CC(F)(F)C(=O)N1CCOCC1)[C@H]1CC=C(C)CC1. The van der Waals surface area contributed by atoms with E-state index < -0.39 is 18.3 Å². The van der Waals surface area contributed by atoms with Crippen molar-refractivity contribution in [1.82, 2.24) is 4.90 Å². The van der Waals surface area contributed by atoms with Gasteiger partial charge in [-0.1, -0.05) is 23.8 Å². The minimum atomic E-state index is -3.36. The molecule has 1 aliphatic carbocycles. The van der Waals surface area contributed by atoms with Crippen LogP contribution < -0.4 is 0 Å². The second kappa shape index (κ2) is 6.69. The van der Waals surface area contributed by atoms with Crippen LogP contribution in [0, 0.1) is 5.92 Å². The minimum Gasteiger partial charge on any atom is -0.378 e. The molecule has 1 aliphatic heterocycles. The van der Waals surface area contributed by atoms with E-state index in [1.807, 2.05) is 0 Å². The number of morpholine rings is 1. The fourth-order valence-corrected chi connectivity index (χ4v) is 2.84. The third-order valence-electron chi connectivity index (χ3n) is 4.28. The van der Waals surface area contributed by atoms with Crippen LogP contribution in [0.25, 0.3) is 0 Å². The fraction of sp³-hybridized carbons (Fsp3) is 0.688. The Hall–Kier alpha value is -1.23. The second-order valence-electron chi connectivity index (χ2n) is 5.97. The molecule has 0 aromatic carbocycles. The van der Waals surface area contributed by atoms with E-state index in [0.29, 0.717) is 18.8 Å². The van der Waals surface area contributed by atoms with Gasteiger partial charge in [0.05, 0.1) is 13.2 Å². The van der Waals surface area contributed by atoms with Crippen LogP contribution in [0.2, 0.25) is 0 Å². The van der Waals surface area contributed by atoms with Gasteiger partial charge in [-0.05, 0) is 32.1 Å². The minimum absolute atomic E-state index is 0.0667. The summed E-state index contributed by atoms with van der Waals surface area (Å²) in [5.41, 5.74) is 1.79. The molecule has 1 saturated heterocycles. The highest BCUT2D eigenvalue weighted by Crippen LogP contribution is 2.35. The van der Waals surface area contributed by atoms with Crippen molar-refractivity contribution < 1.29 is 18.3 Å². The lowest BCUT2D eigenvalue weighted by Gasteiger charge is -2.31. The maximum absolute atomic E-state index is 14.2. The highest BCUT2D eigenvalue weighted by molar-refractivity contribution is 5.84. The lowest BCUT2D eigenvalue weighted by molar-refractivity contribution is -0.161. The molecule has 0 N–H and O–H groups in total. The van der Waals surface area contributed by atoms with Gasteiger partial charge >= 0.3 is 5.92 Å². The van der Waals surface area contributed by atoms with Crippen molar-refractivity contribution in [2.24, 2.45) is 5.92 Å². The van der Waals surface area contributed by atoms with Crippen molar-refractivity contribution in [3.05, 3.63) is 23.8 Å². The van der Waals surface area contributed by atoms with Gasteiger partial charge in [0, 0.05) is 19.5 Å². The predicted molar refractivity (Wildman–Crippen MR) is 77.2 cm³/mol. The summed E-state index contributed by atoms with van der Waals surface area (Å²) in [6, 6.07) is 0. The molecule has 0 radical (unpaired) electrons. The van der Waals surface area contributed by atoms with E-state index in [-0.39, 0.29) is 19.0 Å². The average molecular weight is 299 g/mol. The number of hydrogen-bond acceptors (Lipinski definition) is 2. The van der Waals surface area contributed by atoms with E-state index in [1.54, 1.807) is 0 Å². The number of nitrogens with zero attached hydrogens (tertiary/aromatic N) is 1. The summed E-state index contributed by atoms with van der Waals surface area (Å²) >= 11 is 0. The first-order valence-corrected chi connectivity index (χ1v) is 7.48. The van der Waals surface area contributed by atoms with Gasteiger partial charge < -0.3 is 9.64 Å². The molecule has 0 bridgehead atoms. The summed E-state index contributed by atoms with van der Waals surface area (Å²) in [5, 5.41) is 0. The predicted octanol–water partition coefficient (Wildman–Crippen LogP) is 3.17. The van der Waals surface area contributed by atoms with Crippen molar-refractivity contribution >= 4 is 5.91 Å². The topological polar surface area (TPSA) is 29.5 Å². The molecule has 0 saturated carbocycles. The second-order valence-corrected chi connectivity index (χ2v) is 5.97. The first-order valence-electron chi connectivity index (χ1n) is 7.48. The molecule has 1 heterocycles. The van der Waals surface area contributed by atoms with E-state index in [0.717, 1.165) is 19.3 Å². The third kappa shape index (κ3) is 4.13. The van der Waals surface area contributed by atoms with Crippen LogP contribution in [0.3, 0.4) is 0 Å². The van der Waals surface area contributed by atoms with Crippen molar-refractivity contribution in [2.75, 3.05) is 26.3 Å². The molecule has 0 aromatic rings. The Morgan fingerprint density at radius 1 is 1.48 bits per heavy atom. The lowest BCUT2D eigenvalue weighted by Crippen LogP contribution is -2.48. The summed E-state index contributed by atoms with van der Waals surface area (Å²) in [4.78, 5) is 13.2. The van der Waals surface area contributed by atoms with E-state index in [4.69, 9.17) is 4.74 Å². The molecule has 2 aliphatic rings. The molecule has 1 atom stereocenters. The zero-order valence-corrected chi connectivity index (χ0v) is 12.5. The summed E-state index contributed by atoms with van der Waals surface area (Å²) < 4.78 is 33.4. The zero-order valence-electron chi connectivity index (χ0n) is 12.5. The van der Waals surface area contributed by atoms with Crippen LogP contribution in [0.4, 0.5) is 8.78 Å². The smallest absolute Gasteiger partial charge is 0.328 e. The molecular weight excluding hydrogens is 276 g/mol. The van der Waals surface area contributed by atoms with Crippen LogP contribution in [0.15, 0.2) is 23.8 Å². The van der Waals surface area contributed by atoms with Gasteiger partial charge in [-0.3, -0.25) is 4.79 Å². The average Bonchev–Trinajstić information content (AvgIpc) is 2.47. The van der Waals surface area contributed by atoms with Gasteiger partial charge in [-0.15, -0.1) is 0 Å². The number of amides is 1. The Morgan fingerprint density at radius 2 is 2.14 bits per heavy atom. The van der Waals surface area contributed by atoms with Crippen LogP contribution in [0.1, 0.15) is 32.6 Å². The fourth-order valence-electron chi connectivity index (χ4n) is 2.84. The summed E-state index contributed by atoms with van der Waals surface area (Å²) in [6.07, 6.45) is 4.07. The molecule has 1 amide bonds. The number of carbonyl (C=O) groups is 1. The molecule has 118 valence electrons. The number of halogens is 2. The monoisotopic (exact) mass is 299 g/mol. The van der Waals surface area contributed by atoms with Crippen LogP contribution >= 0.6 is 0 Å². The normalized spacial score (nSPS) is 23.7. The first kappa shape index (κ1) is 16.1. The summed E-state index contributed by atoms with van der Waals surface area (Å²) in [7, 11) is 0. The number of carbonyl (C=O) groups excluding carboxylic acids is 1. The number of rotatable bonds is 4. The Kier molecular flexibility index (Phi) is 5.14. The zero-order chi connectivity index (χ0) is 15.5. The Morgan fingerprint density at radius 3 is 2.71 bits per heavy atom. The quantitative estimate of drug-likeness (QED) is 0.746. The molecular formula is C16H23F2NO2. The van der Waals surface area contributed by atoms with Crippen LogP contribution in [-0.4, -0.2) is 43.0 Å². The van der Waals surface area contributed by atoms with Crippen LogP contribution in [0.5, 0.6) is 0 Å². The summed E-state index contributed by atoms with van der Waals surface area (Å²) in [5.74, 6) is -4.38. The molecule has 2 rings (SSSR count). The van der Waals surface area contributed by atoms with E-state index in [1.165, 1.54) is 10.5 Å². The maximum Gasteiger partial charge on any atom is 0.328 e. The third-order valence-corrected chi connectivity index (χ3v) is 4.28. The lowest BCUT2D eigenvalue weighted by atomic mass is 9.83. The van der Waals surface area contributed by atoms with E-state index in [2.05, 4.69) is 19.6 Å². The Bertz CT molecular complexity index is 440. The Labute approximate surface area is 124 Å². The molecule has 3 nitrogen and oxygen atoms in total. The standard InChI is InChI=1S/C16H23F2NO2/c1-12-3-5-14(6-4-12)13(2)11-16(17,18)15(20)19-7-9-21-10-8-19/h3,14H,2,4-11H2,1H3/t14-/m0/s1. The number of ether oxygens (including phenoxy) is 1. The van der Waals surface area contributed by atoms with Gasteiger partial charge in [0.1, 0.15) is 0 Å². The highest BCUT2D eigenvalue weighted by Gasteiger charge is 2.43. The van der Waals surface area contributed by atoms with Crippen molar-refractivity contribution in [3.63, 3.8) is 0 Å². The molecule has 5 heteroatoms. The van der Waals surface area contributed by atoms with Gasteiger partial charge in [-0.25, -0.2) is 0 Å². The largest absolute Gasteiger partial charge is 0.378 e. The van der Waals surface area contributed by atoms with E-state index in [9.17, 15) is 13.6 Å². The Balaban J connectivity index is 1.93. The summed E-state index contributed by atoms with van der Waals surface area (Å²) in [6.45, 7) is 7.00. The number of alkyl halides is 2. The number of hydrogen-bond donors (Lipinski definition) is 0. The molecule has 1 fully saturated rings. The van der Waals surface area contributed by atoms with Crippen molar-refractivity contribution in [3.8, 4) is 0 Å². The molecule has 21 heavy (non-hydrogen) atoms. The van der Waals surface area contributed by atoms with Gasteiger partial charge in [0.15, 0.2) is 0 Å².